The van der Waals surface area contributed by atoms with Gasteiger partial charge in [0.2, 0.25) is 0 Å². The van der Waals surface area contributed by atoms with Crippen LogP contribution in [0.3, 0.4) is 0 Å². The zero-order chi connectivity index (χ0) is 10.9. The summed E-state index contributed by atoms with van der Waals surface area (Å²) in [6.45, 7) is 5.51. The largest absolute Gasteiger partial charge is 0.508 e. The molecule has 0 heterocycles. The number of aromatic hydroxyl groups is 1. The first-order valence-electron chi connectivity index (χ1n) is 4.68. The molecule has 78 valence electrons. The molecule has 1 aromatic rings. The van der Waals surface area contributed by atoms with Crippen LogP contribution in [-0.2, 0) is 0 Å². The molecule has 0 aliphatic rings. The molecule has 0 saturated heterocycles. The normalized spacial score (nSPS) is 13.3. The van der Waals surface area contributed by atoms with Gasteiger partial charge >= 0.3 is 0 Å². The van der Waals surface area contributed by atoms with Crippen molar-refractivity contribution < 1.29 is 9.50 Å². The summed E-state index contributed by atoms with van der Waals surface area (Å²) >= 11 is 0. The van der Waals surface area contributed by atoms with Crippen LogP contribution in [0.5, 0.6) is 5.75 Å². The van der Waals surface area contributed by atoms with Gasteiger partial charge in [-0.25, -0.2) is 4.39 Å². The van der Waals surface area contributed by atoms with E-state index in [2.05, 4.69) is 0 Å². The lowest BCUT2D eigenvalue weighted by atomic mass is 9.92. The zero-order valence-corrected chi connectivity index (χ0v) is 8.71. The Bertz CT molecular complexity index is 336. The van der Waals surface area contributed by atoms with Gasteiger partial charge in [0.15, 0.2) is 0 Å². The lowest BCUT2D eigenvalue weighted by molar-refractivity contribution is 0.434. The molecule has 0 bridgehead atoms. The van der Waals surface area contributed by atoms with Crippen LogP contribution >= 0.6 is 0 Å². The van der Waals surface area contributed by atoms with Crippen molar-refractivity contribution in [1.29, 1.82) is 0 Å². The molecular formula is C11H16FNO. The third-order valence-corrected chi connectivity index (χ3v) is 2.48. The second-order valence-electron chi connectivity index (χ2n) is 3.87. The maximum Gasteiger partial charge on any atom is 0.126 e. The highest BCUT2D eigenvalue weighted by Gasteiger charge is 2.18. The summed E-state index contributed by atoms with van der Waals surface area (Å²) in [6.07, 6.45) is 0. The molecule has 1 rings (SSSR count). The fourth-order valence-corrected chi connectivity index (χ4v) is 1.44. The third-order valence-electron chi connectivity index (χ3n) is 2.48. The van der Waals surface area contributed by atoms with Crippen LogP contribution in [-0.4, -0.2) is 5.11 Å². The highest BCUT2D eigenvalue weighted by Crippen LogP contribution is 2.31. The smallest absolute Gasteiger partial charge is 0.126 e. The Morgan fingerprint density at radius 1 is 1.36 bits per heavy atom. The first-order valence-corrected chi connectivity index (χ1v) is 4.68. The molecule has 0 amide bonds. The van der Waals surface area contributed by atoms with Crippen LogP contribution in [0, 0.1) is 18.7 Å². The Morgan fingerprint density at radius 2 is 1.93 bits per heavy atom. The molecule has 1 aromatic carbocycles. The lowest BCUT2D eigenvalue weighted by Crippen LogP contribution is -2.18. The number of nitrogens with two attached hydrogens (primary N) is 1. The topological polar surface area (TPSA) is 46.2 Å². The summed E-state index contributed by atoms with van der Waals surface area (Å²) < 4.78 is 13.2. The number of halogens is 1. The average molecular weight is 197 g/mol. The van der Waals surface area contributed by atoms with E-state index in [1.807, 2.05) is 13.8 Å². The number of rotatable bonds is 2. The SMILES string of the molecule is Cc1c(F)ccc(O)c1C(N)C(C)C. The quantitative estimate of drug-likeness (QED) is 0.765. The van der Waals surface area contributed by atoms with Gasteiger partial charge in [-0.15, -0.1) is 0 Å². The van der Waals surface area contributed by atoms with E-state index in [9.17, 15) is 9.50 Å². The van der Waals surface area contributed by atoms with Crippen molar-refractivity contribution in [3.05, 3.63) is 29.1 Å². The van der Waals surface area contributed by atoms with Gasteiger partial charge < -0.3 is 10.8 Å². The van der Waals surface area contributed by atoms with E-state index in [0.29, 0.717) is 11.1 Å². The van der Waals surface area contributed by atoms with Crippen molar-refractivity contribution in [3.8, 4) is 5.75 Å². The number of hydrogen-bond acceptors (Lipinski definition) is 2. The average Bonchev–Trinajstić information content (AvgIpc) is 2.12. The summed E-state index contributed by atoms with van der Waals surface area (Å²) in [4.78, 5) is 0. The van der Waals surface area contributed by atoms with Gasteiger partial charge in [-0.3, -0.25) is 0 Å². The summed E-state index contributed by atoms with van der Waals surface area (Å²) in [7, 11) is 0. The molecule has 0 spiro atoms. The van der Waals surface area contributed by atoms with Crippen molar-refractivity contribution in [1.82, 2.24) is 0 Å². The van der Waals surface area contributed by atoms with Crippen molar-refractivity contribution in [2.75, 3.05) is 0 Å². The van der Waals surface area contributed by atoms with E-state index < -0.39 is 0 Å². The molecule has 0 aromatic heterocycles. The Hall–Kier alpha value is -1.09. The van der Waals surface area contributed by atoms with E-state index in [-0.39, 0.29) is 23.5 Å². The highest BCUT2D eigenvalue weighted by atomic mass is 19.1. The van der Waals surface area contributed by atoms with Crippen LogP contribution in [0.2, 0.25) is 0 Å². The van der Waals surface area contributed by atoms with Crippen LogP contribution in [0.1, 0.15) is 31.0 Å². The second kappa shape index (κ2) is 3.96. The molecule has 3 N–H and O–H groups in total. The molecule has 2 nitrogen and oxygen atoms in total. The van der Waals surface area contributed by atoms with Crippen LogP contribution in [0.4, 0.5) is 4.39 Å². The number of phenolic OH excluding ortho intramolecular Hbond substituents is 1. The molecule has 14 heavy (non-hydrogen) atoms. The van der Waals surface area contributed by atoms with Crippen molar-refractivity contribution in [2.45, 2.75) is 26.8 Å². The Morgan fingerprint density at radius 3 is 2.43 bits per heavy atom. The Balaban J connectivity index is 3.25. The van der Waals surface area contributed by atoms with Gasteiger partial charge in [0.25, 0.3) is 0 Å². The molecule has 0 aliphatic heterocycles. The van der Waals surface area contributed by atoms with Crippen molar-refractivity contribution >= 4 is 0 Å². The zero-order valence-electron chi connectivity index (χ0n) is 8.71. The van der Waals surface area contributed by atoms with Gasteiger partial charge in [-0.05, 0) is 30.5 Å². The predicted octanol–water partition coefficient (Wildman–Crippen LogP) is 2.50. The van der Waals surface area contributed by atoms with Crippen LogP contribution < -0.4 is 5.73 Å². The number of hydrogen-bond donors (Lipinski definition) is 2. The van der Waals surface area contributed by atoms with Crippen molar-refractivity contribution in [2.24, 2.45) is 11.7 Å². The van der Waals surface area contributed by atoms with E-state index in [0.717, 1.165) is 0 Å². The van der Waals surface area contributed by atoms with Gasteiger partial charge in [-0.2, -0.15) is 0 Å². The van der Waals surface area contributed by atoms with Gasteiger partial charge in [0.1, 0.15) is 11.6 Å². The minimum absolute atomic E-state index is 0.0742. The van der Waals surface area contributed by atoms with E-state index in [1.54, 1.807) is 6.92 Å². The summed E-state index contributed by atoms with van der Waals surface area (Å²) in [5, 5.41) is 9.59. The molecule has 1 unspecified atom stereocenters. The molecule has 1 atom stereocenters. The maximum absolute atomic E-state index is 13.2. The van der Waals surface area contributed by atoms with Crippen LogP contribution in [0.25, 0.3) is 0 Å². The van der Waals surface area contributed by atoms with E-state index in [1.165, 1.54) is 12.1 Å². The fraction of sp³-hybridized carbons (Fsp3) is 0.455. The van der Waals surface area contributed by atoms with Gasteiger partial charge in [0, 0.05) is 11.6 Å². The monoisotopic (exact) mass is 197 g/mol. The van der Waals surface area contributed by atoms with Crippen molar-refractivity contribution in [3.63, 3.8) is 0 Å². The maximum atomic E-state index is 13.2. The number of phenols is 1. The Labute approximate surface area is 83.6 Å². The van der Waals surface area contributed by atoms with E-state index >= 15 is 0 Å². The minimum atomic E-state index is -0.328. The first-order chi connectivity index (χ1) is 6.45. The van der Waals surface area contributed by atoms with Crippen LogP contribution in [0.15, 0.2) is 12.1 Å². The van der Waals surface area contributed by atoms with Gasteiger partial charge in [0.05, 0.1) is 0 Å². The summed E-state index contributed by atoms with van der Waals surface area (Å²) in [5.41, 5.74) is 6.83. The summed E-state index contributed by atoms with van der Waals surface area (Å²) in [5.74, 6) is -0.0830. The highest BCUT2D eigenvalue weighted by molar-refractivity contribution is 5.41. The molecule has 0 radical (unpaired) electrons. The molecule has 0 saturated carbocycles. The second-order valence-corrected chi connectivity index (χ2v) is 3.87. The standard InChI is InChI=1S/C11H16FNO/c1-6(2)11(13)10-7(3)8(12)4-5-9(10)14/h4-6,11,14H,13H2,1-3H3. The molecule has 3 heteroatoms. The lowest BCUT2D eigenvalue weighted by Gasteiger charge is -2.19. The first kappa shape index (κ1) is 11.0. The molecule has 0 fully saturated rings. The predicted molar refractivity (Wildman–Crippen MR) is 54.6 cm³/mol. The third kappa shape index (κ3) is 1.87. The van der Waals surface area contributed by atoms with Gasteiger partial charge in [-0.1, -0.05) is 13.8 Å². The molecular weight excluding hydrogens is 181 g/mol. The minimum Gasteiger partial charge on any atom is -0.508 e. The summed E-state index contributed by atoms with van der Waals surface area (Å²) in [6, 6.07) is 2.27. The molecule has 0 aliphatic carbocycles. The Kier molecular flexibility index (Phi) is 3.11. The number of benzene rings is 1. The van der Waals surface area contributed by atoms with E-state index in [4.69, 9.17) is 5.73 Å². The fourth-order valence-electron chi connectivity index (χ4n) is 1.44.